The zero-order chi connectivity index (χ0) is 19.9. The highest BCUT2D eigenvalue weighted by Crippen LogP contribution is 2.32. The minimum Gasteiger partial charge on any atom is -0.466 e. The molecule has 0 bridgehead atoms. The topological polar surface area (TPSA) is 99.0 Å². The van der Waals surface area contributed by atoms with Crippen molar-refractivity contribution in [2.24, 2.45) is 7.05 Å². The molecule has 1 N–H and O–H groups in total. The van der Waals surface area contributed by atoms with Gasteiger partial charge in [0.05, 0.1) is 24.5 Å². The smallest absolute Gasteiger partial charge is 0.311 e. The zero-order valence-corrected chi connectivity index (χ0v) is 17.8. The maximum atomic E-state index is 12.2. The summed E-state index contributed by atoms with van der Waals surface area (Å²) in [4.78, 5) is 28.0. The average molecular weight is 424 g/mol. The molecule has 10 heteroatoms. The van der Waals surface area contributed by atoms with Crippen LogP contribution in [0.3, 0.4) is 0 Å². The number of carbonyl (C=O) groups excluding carboxylic acids is 2. The molecule has 3 rings (SSSR count). The summed E-state index contributed by atoms with van der Waals surface area (Å²) in [6, 6.07) is 0. The van der Waals surface area contributed by atoms with Crippen LogP contribution in [0, 0.1) is 0 Å². The number of ether oxygens (including phenoxy) is 1. The van der Waals surface area contributed by atoms with Gasteiger partial charge in [0.25, 0.3) is 0 Å². The van der Waals surface area contributed by atoms with Gasteiger partial charge >= 0.3 is 5.97 Å². The lowest BCUT2D eigenvalue weighted by atomic mass is 9.89. The number of nitrogens with zero attached hydrogens (tertiary/aromatic N) is 4. The van der Waals surface area contributed by atoms with Crippen molar-refractivity contribution < 1.29 is 14.3 Å². The van der Waals surface area contributed by atoms with Crippen molar-refractivity contribution in [3.63, 3.8) is 0 Å². The second-order valence-corrected chi connectivity index (χ2v) is 8.50. The van der Waals surface area contributed by atoms with E-state index in [-0.39, 0.29) is 24.1 Å². The van der Waals surface area contributed by atoms with Crippen LogP contribution in [0.5, 0.6) is 0 Å². The van der Waals surface area contributed by atoms with Gasteiger partial charge in [-0.1, -0.05) is 31.0 Å². The molecule has 28 heavy (non-hydrogen) atoms. The SMILES string of the molecule is CCOC(=O)Cc1csc(NC(=O)CSc2nnc(C3CCCCC3)n2C)n1. The monoisotopic (exact) mass is 423 g/mol. The molecule has 2 heterocycles. The second-order valence-electron chi connectivity index (χ2n) is 6.70. The van der Waals surface area contributed by atoms with Gasteiger partial charge in [0.2, 0.25) is 5.91 Å². The van der Waals surface area contributed by atoms with E-state index in [9.17, 15) is 9.59 Å². The van der Waals surface area contributed by atoms with Gasteiger partial charge in [-0.3, -0.25) is 9.59 Å². The number of esters is 1. The molecule has 0 spiro atoms. The second kappa shape index (κ2) is 10.0. The third-order valence-corrected chi connectivity index (χ3v) is 6.43. The van der Waals surface area contributed by atoms with E-state index in [0.717, 1.165) is 23.8 Å². The van der Waals surface area contributed by atoms with Crippen LogP contribution in [0.1, 0.15) is 56.5 Å². The molecule has 152 valence electrons. The largest absolute Gasteiger partial charge is 0.466 e. The first-order valence-electron chi connectivity index (χ1n) is 9.48. The Hall–Kier alpha value is -1.94. The van der Waals surface area contributed by atoms with E-state index in [0.29, 0.717) is 23.4 Å². The highest BCUT2D eigenvalue weighted by molar-refractivity contribution is 7.99. The Morgan fingerprint density at radius 2 is 2.11 bits per heavy atom. The number of hydrogen-bond acceptors (Lipinski definition) is 8. The Morgan fingerprint density at radius 1 is 1.32 bits per heavy atom. The van der Waals surface area contributed by atoms with Gasteiger partial charge in [-0.25, -0.2) is 4.98 Å². The van der Waals surface area contributed by atoms with Crippen LogP contribution in [-0.2, 0) is 27.8 Å². The van der Waals surface area contributed by atoms with Crippen LogP contribution in [0.15, 0.2) is 10.5 Å². The predicted molar refractivity (Wildman–Crippen MR) is 109 cm³/mol. The van der Waals surface area contributed by atoms with E-state index in [1.165, 1.54) is 42.4 Å². The molecule has 2 aromatic heterocycles. The number of amides is 1. The van der Waals surface area contributed by atoms with E-state index in [1.54, 1.807) is 12.3 Å². The van der Waals surface area contributed by atoms with Gasteiger partial charge in [0, 0.05) is 18.3 Å². The van der Waals surface area contributed by atoms with Gasteiger partial charge < -0.3 is 14.6 Å². The number of thiazole rings is 1. The van der Waals surface area contributed by atoms with Crippen LogP contribution >= 0.6 is 23.1 Å². The van der Waals surface area contributed by atoms with Crippen LogP contribution in [0.25, 0.3) is 0 Å². The summed E-state index contributed by atoms with van der Waals surface area (Å²) in [5.74, 6) is 1.24. The maximum Gasteiger partial charge on any atom is 0.311 e. The zero-order valence-electron chi connectivity index (χ0n) is 16.1. The minimum absolute atomic E-state index is 0.109. The summed E-state index contributed by atoms with van der Waals surface area (Å²) in [6.07, 6.45) is 6.22. The number of hydrogen-bond donors (Lipinski definition) is 1. The van der Waals surface area contributed by atoms with E-state index in [4.69, 9.17) is 4.74 Å². The first-order chi connectivity index (χ1) is 13.6. The predicted octanol–water partition coefficient (Wildman–Crippen LogP) is 3.16. The number of rotatable bonds is 8. The first-order valence-corrected chi connectivity index (χ1v) is 11.3. The van der Waals surface area contributed by atoms with Crippen molar-refractivity contribution in [3.8, 4) is 0 Å². The highest BCUT2D eigenvalue weighted by atomic mass is 32.2. The van der Waals surface area contributed by atoms with E-state index < -0.39 is 0 Å². The van der Waals surface area contributed by atoms with Gasteiger partial charge in [-0.2, -0.15) is 0 Å². The molecule has 1 amide bonds. The average Bonchev–Trinajstić information content (AvgIpc) is 3.27. The Morgan fingerprint density at radius 3 is 2.86 bits per heavy atom. The molecule has 1 fully saturated rings. The third kappa shape index (κ3) is 5.54. The molecule has 0 atom stereocenters. The molecule has 8 nitrogen and oxygen atoms in total. The lowest BCUT2D eigenvalue weighted by Gasteiger charge is -2.20. The van der Waals surface area contributed by atoms with E-state index in [1.807, 2.05) is 11.6 Å². The van der Waals surface area contributed by atoms with E-state index >= 15 is 0 Å². The van der Waals surface area contributed by atoms with Crippen molar-refractivity contribution in [2.45, 2.75) is 56.5 Å². The summed E-state index contributed by atoms with van der Waals surface area (Å²) in [7, 11) is 1.96. The first kappa shape index (κ1) is 20.8. The molecule has 0 unspecified atom stereocenters. The van der Waals surface area contributed by atoms with Crippen LogP contribution in [-0.4, -0.2) is 44.0 Å². The minimum atomic E-state index is -0.322. The summed E-state index contributed by atoms with van der Waals surface area (Å²) < 4.78 is 6.91. The number of anilines is 1. The molecule has 0 radical (unpaired) electrons. The van der Waals surface area contributed by atoms with Crippen LogP contribution in [0.2, 0.25) is 0 Å². The standard InChI is InChI=1S/C18H25N5O3S2/c1-3-26-15(25)9-13-10-27-17(19-13)20-14(24)11-28-18-22-21-16(23(18)2)12-7-5-4-6-8-12/h10,12H,3-9,11H2,1-2H3,(H,19,20,24). The van der Waals surface area contributed by atoms with Gasteiger partial charge in [-0.15, -0.1) is 21.5 Å². The number of carbonyl (C=O) groups is 2. The summed E-state index contributed by atoms with van der Waals surface area (Å²) in [5, 5.41) is 14.3. The molecule has 0 aliphatic heterocycles. The number of aromatic nitrogens is 4. The van der Waals surface area contributed by atoms with Crippen molar-refractivity contribution in [1.82, 2.24) is 19.7 Å². The fourth-order valence-electron chi connectivity index (χ4n) is 3.26. The quantitative estimate of drug-likeness (QED) is 0.514. The van der Waals surface area contributed by atoms with Gasteiger partial charge in [0.15, 0.2) is 10.3 Å². The van der Waals surface area contributed by atoms with Crippen molar-refractivity contribution >= 4 is 40.1 Å². The van der Waals surface area contributed by atoms with Gasteiger partial charge in [-0.05, 0) is 19.8 Å². The lowest BCUT2D eigenvalue weighted by molar-refractivity contribution is -0.142. The third-order valence-electron chi connectivity index (χ3n) is 4.60. The molecular formula is C18H25N5O3S2. The summed E-state index contributed by atoms with van der Waals surface area (Å²) in [6.45, 7) is 2.10. The van der Waals surface area contributed by atoms with Crippen molar-refractivity contribution in [2.75, 3.05) is 17.7 Å². The molecule has 0 aromatic carbocycles. The Bertz CT molecular complexity index is 814. The maximum absolute atomic E-state index is 12.2. The van der Waals surface area contributed by atoms with Crippen molar-refractivity contribution in [3.05, 3.63) is 16.9 Å². The lowest BCUT2D eigenvalue weighted by Crippen LogP contribution is -2.15. The Labute approximate surface area is 172 Å². The summed E-state index contributed by atoms with van der Waals surface area (Å²) in [5.41, 5.74) is 0.594. The molecule has 1 aliphatic rings. The summed E-state index contributed by atoms with van der Waals surface area (Å²) >= 11 is 2.66. The highest BCUT2D eigenvalue weighted by Gasteiger charge is 2.22. The molecule has 2 aromatic rings. The van der Waals surface area contributed by atoms with Crippen LogP contribution < -0.4 is 5.32 Å². The fourth-order valence-corrected chi connectivity index (χ4v) is 4.70. The number of thioether (sulfide) groups is 1. The van der Waals surface area contributed by atoms with Crippen molar-refractivity contribution in [1.29, 1.82) is 0 Å². The normalized spacial score (nSPS) is 14.8. The fraction of sp³-hybridized carbons (Fsp3) is 0.611. The number of nitrogens with one attached hydrogen (secondary N) is 1. The molecule has 0 saturated heterocycles. The van der Waals surface area contributed by atoms with E-state index in [2.05, 4.69) is 20.5 Å². The van der Waals surface area contributed by atoms with Gasteiger partial charge in [0.1, 0.15) is 5.82 Å². The molecule has 1 saturated carbocycles. The van der Waals surface area contributed by atoms with Crippen LogP contribution in [0.4, 0.5) is 5.13 Å². The molecule has 1 aliphatic carbocycles. The Kier molecular flexibility index (Phi) is 7.43. The molecular weight excluding hydrogens is 398 g/mol. The Balaban J connectivity index is 1.49.